The van der Waals surface area contributed by atoms with Gasteiger partial charge in [0.15, 0.2) is 0 Å². The van der Waals surface area contributed by atoms with Crippen molar-refractivity contribution in [2.24, 2.45) is 5.92 Å². The van der Waals surface area contributed by atoms with Crippen LogP contribution in [0.2, 0.25) is 0 Å². The lowest BCUT2D eigenvalue weighted by molar-refractivity contribution is -0.143. The Kier molecular flexibility index (Phi) is 6.28. The number of aliphatic carboxylic acids is 1. The minimum Gasteiger partial charge on any atom is -0.480 e. The number of carbonyl (C=O) groups is 2. The standard InChI is InChI=1S/C14H26N2O3/c1-10(2)13(14(18)19)15-12(17)9-16(3)11-7-5-4-6-8-11/h10-11,13H,4-9H2,1-3H3,(H,15,17)(H,18,19). The van der Waals surface area contributed by atoms with E-state index in [1.54, 1.807) is 13.8 Å². The Morgan fingerprint density at radius 1 is 1.26 bits per heavy atom. The summed E-state index contributed by atoms with van der Waals surface area (Å²) < 4.78 is 0. The number of rotatable bonds is 6. The van der Waals surface area contributed by atoms with Crippen LogP contribution in [0.25, 0.3) is 0 Å². The molecule has 1 aliphatic carbocycles. The molecule has 0 heterocycles. The highest BCUT2D eigenvalue weighted by Crippen LogP contribution is 2.21. The average molecular weight is 270 g/mol. The Morgan fingerprint density at radius 3 is 2.32 bits per heavy atom. The quantitative estimate of drug-likeness (QED) is 0.767. The first-order valence-corrected chi connectivity index (χ1v) is 7.14. The van der Waals surface area contributed by atoms with Crippen LogP contribution in [0.5, 0.6) is 0 Å². The van der Waals surface area contributed by atoms with Crippen LogP contribution in [0.3, 0.4) is 0 Å². The lowest BCUT2D eigenvalue weighted by Crippen LogP contribution is -2.49. The largest absolute Gasteiger partial charge is 0.480 e. The number of nitrogens with one attached hydrogen (secondary N) is 1. The van der Waals surface area contributed by atoms with Crippen molar-refractivity contribution in [3.05, 3.63) is 0 Å². The minimum absolute atomic E-state index is 0.110. The van der Waals surface area contributed by atoms with Gasteiger partial charge in [-0.2, -0.15) is 0 Å². The molecule has 0 aromatic heterocycles. The first-order chi connectivity index (χ1) is 8.91. The van der Waals surface area contributed by atoms with Crippen LogP contribution in [-0.4, -0.2) is 47.6 Å². The highest BCUT2D eigenvalue weighted by molar-refractivity contribution is 5.84. The molecule has 1 amide bonds. The molecule has 1 atom stereocenters. The van der Waals surface area contributed by atoms with Crippen molar-refractivity contribution in [2.45, 2.75) is 58.0 Å². The molecule has 19 heavy (non-hydrogen) atoms. The number of hydrogen-bond acceptors (Lipinski definition) is 3. The number of amides is 1. The smallest absolute Gasteiger partial charge is 0.326 e. The van der Waals surface area contributed by atoms with Gasteiger partial charge in [0.1, 0.15) is 6.04 Å². The maximum absolute atomic E-state index is 11.9. The number of carboxylic acid groups (broad SMARTS) is 1. The van der Waals surface area contributed by atoms with Crippen molar-refractivity contribution in [3.63, 3.8) is 0 Å². The van der Waals surface area contributed by atoms with Crippen LogP contribution in [-0.2, 0) is 9.59 Å². The topological polar surface area (TPSA) is 69.6 Å². The van der Waals surface area contributed by atoms with E-state index in [1.165, 1.54) is 19.3 Å². The van der Waals surface area contributed by atoms with Gasteiger partial charge in [0, 0.05) is 6.04 Å². The molecule has 2 N–H and O–H groups in total. The third-order valence-electron chi connectivity index (χ3n) is 3.84. The summed E-state index contributed by atoms with van der Waals surface area (Å²) >= 11 is 0. The Morgan fingerprint density at radius 2 is 1.84 bits per heavy atom. The summed E-state index contributed by atoms with van der Waals surface area (Å²) in [5.41, 5.74) is 0. The van der Waals surface area contributed by atoms with Gasteiger partial charge in [-0.05, 0) is 25.8 Å². The van der Waals surface area contributed by atoms with E-state index >= 15 is 0 Å². The highest BCUT2D eigenvalue weighted by Gasteiger charge is 2.25. The van der Waals surface area contributed by atoms with Gasteiger partial charge in [-0.3, -0.25) is 9.69 Å². The van der Waals surface area contributed by atoms with E-state index in [0.29, 0.717) is 6.04 Å². The molecule has 0 bridgehead atoms. The van der Waals surface area contributed by atoms with Gasteiger partial charge in [-0.25, -0.2) is 4.79 Å². The summed E-state index contributed by atoms with van der Waals surface area (Å²) in [4.78, 5) is 25.0. The van der Waals surface area contributed by atoms with Crippen molar-refractivity contribution in [3.8, 4) is 0 Å². The van der Waals surface area contributed by atoms with Crippen molar-refractivity contribution >= 4 is 11.9 Å². The van der Waals surface area contributed by atoms with Gasteiger partial charge in [-0.1, -0.05) is 33.1 Å². The summed E-state index contributed by atoms with van der Waals surface area (Å²) in [5, 5.41) is 11.7. The first-order valence-electron chi connectivity index (χ1n) is 7.14. The number of nitrogens with zero attached hydrogens (tertiary/aromatic N) is 1. The molecule has 0 spiro atoms. The van der Waals surface area contributed by atoms with Gasteiger partial charge in [-0.15, -0.1) is 0 Å². The third kappa shape index (κ3) is 5.19. The first kappa shape index (κ1) is 16.0. The maximum atomic E-state index is 11.9. The minimum atomic E-state index is -0.969. The van der Waals surface area contributed by atoms with Gasteiger partial charge in [0.25, 0.3) is 0 Å². The second-order valence-corrected chi connectivity index (χ2v) is 5.83. The van der Waals surface area contributed by atoms with E-state index in [9.17, 15) is 9.59 Å². The Bertz CT molecular complexity index is 312. The van der Waals surface area contributed by atoms with Gasteiger partial charge in [0.05, 0.1) is 6.54 Å². The molecule has 1 unspecified atom stereocenters. The lowest BCUT2D eigenvalue weighted by Gasteiger charge is -2.31. The zero-order valence-electron chi connectivity index (χ0n) is 12.2. The van der Waals surface area contributed by atoms with Crippen molar-refractivity contribution < 1.29 is 14.7 Å². The Balaban J connectivity index is 2.42. The molecule has 1 rings (SSSR count). The molecule has 5 nitrogen and oxygen atoms in total. The number of carbonyl (C=O) groups excluding carboxylic acids is 1. The fraction of sp³-hybridized carbons (Fsp3) is 0.857. The summed E-state index contributed by atoms with van der Waals surface area (Å²) in [7, 11) is 1.95. The van der Waals surface area contributed by atoms with Crippen LogP contribution in [0.15, 0.2) is 0 Å². The molecule has 1 fully saturated rings. The van der Waals surface area contributed by atoms with E-state index < -0.39 is 12.0 Å². The molecular formula is C14H26N2O3. The van der Waals surface area contributed by atoms with E-state index in [0.717, 1.165) is 12.8 Å². The second kappa shape index (κ2) is 7.48. The Hall–Kier alpha value is -1.10. The van der Waals surface area contributed by atoms with Crippen LogP contribution < -0.4 is 5.32 Å². The predicted molar refractivity (Wildman–Crippen MR) is 73.9 cm³/mol. The van der Waals surface area contributed by atoms with E-state index in [4.69, 9.17) is 5.11 Å². The zero-order valence-corrected chi connectivity index (χ0v) is 12.2. The van der Waals surface area contributed by atoms with Crippen molar-refractivity contribution in [2.75, 3.05) is 13.6 Å². The van der Waals surface area contributed by atoms with E-state index in [-0.39, 0.29) is 18.4 Å². The second-order valence-electron chi connectivity index (χ2n) is 5.83. The number of hydrogen-bond donors (Lipinski definition) is 2. The SMILES string of the molecule is CC(C)C(NC(=O)CN(C)C1CCCCC1)C(=O)O. The molecule has 5 heteroatoms. The van der Waals surface area contributed by atoms with Crippen LogP contribution in [0, 0.1) is 5.92 Å². The van der Waals surface area contributed by atoms with Crippen LogP contribution in [0.4, 0.5) is 0 Å². The Labute approximate surface area is 115 Å². The van der Waals surface area contributed by atoms with E-state index in [2.05, 4.69) is 5.32 Å². The predicted octanol–water partition coefficient (Wildman–Crippen LogP) is 1.48. The summed E-state index contributed by atoms with van der Waals surface area (Å²) in [6.45, 7) is 3.87. The molecule has 1 saturated carbocycles. The fourth-order valence-corrected chi connectivity index (χ4v) is 2.61. The van der Waals surface area contributed by atoms with Crippen LogP contribution >= 0.6 is 0 Å². The van der Waals surface area contributed by atoms with Crippen molar-refractivity contribution in [1.82, 2.24) is 10.2 Å². The average Bonchev–Trinajstić information content (AvgIpc) is 2.36. The molecule has 0 radical (unpaired) electrons. The third-order valence-corrected chi connectivity index (χ3v) is 3.84. The summed E-state index contributed by atoms with van der Waals surface area (Å²) in [6.07, 6.45) is 6.00. The fourth-order valence-electron chi connectivity index (χ4n) is 2.61. The zero-order chi connectivity index (χ0) is 14.4. The molecule has 0 aliphatic heterocycles. The molecule has 0 aromatic rings. The van der Waals surface area contributed by atoms with Crippen LogP contribution in [0.1, 0.15) is 46.0 Å². The summed E-state index contributed by atoms with van der Waals surface area (Å²) in [5.74, 6) is -1.28. The normalized spacial score (nSPS) is 18.6. The number of likely N-dealkylation sites (N-methyl/N-ethyl adjacent to an activating group) is 1. The molecule has 0 saturated heterocycles. The monoisotopic (exact) mass is 270 g/mol. The lowest BCUT2D eigenvalue weighted by atomic mass is 9.94. The van der Waals surface area contributed by atoms with E-state index in [1.807, 2.05) is 11.9 Å². The maximum Gasteiger partial charge on any atom is 0.326 e. The highest BCUT2D eigenvalue weighted by atomic mass is 16.4. The van der Waals surface area contributed by atoms with Gasteiger partial charge < -0.3 is 10.4 Å². The molecule has 0 aromatic carbocycles. The summed E-state index contributed by atoms with van der Waals surface area (Å²) in [6, 6.07) is -0.339. The number of carboxylic acids is 1. The van der Waals surface area contributed by atoms with Gasteiger partial charge >= 0.3 is 5.97 Å². The molecule has 110 valence electrons. The molecule has 1 aliphatic rings. The van der Waals surface area contributed by atoms with Gasteiger partial charge in [0.2, 0.25) is 5.91 Å². The van der Waals surface area contributed by atoms with Crippen molar-refractivity contribution in [1.29, 1.82) is 0 Å². The molecular weight excluding hydrogens is 244 g/mol.